The van der Waals surface area contributed by atoms with Gasteiger partial charge in [-0.3, -0.25) is 9.79 Å². The first kappa shape index (κ1) is 14.5. The Morgan fingerprint density at radius 2 is 2.23 bits per heavy atom. The summed E-state index contributed by atoms with van der Waals surface area (Å²) in [5, 5.41) is 0.333. The van der Waals surface area contributed by atoms with E-state index in [2.05, 4.69) is 31.2 Å². The quantitative estimate of drug-likeness (QED) is 0.742. The van der Waals surface area contributed by atoms with Crippen LogP contribution in [0.4, 0.5) is 0 Å². The third-order valence-corrected chi connectivity index (χ3v) is 7.01. The molecular formula is C17H22N2O2S. The SMILES string of the molecule is CC1SC23C=CC=CC2=NCCC3C1C(=O)N1CCOCC1. The summed E-state index contributed by atoms with van der Waals surface area (Å²) in [7, 11) is 0. The molecule has 118 valence electrons. The van der Waals surface area contributed by atoms with E-state index in [0.717, 1.165) is 26.1 Å². The number of hydrogen-bond acceptors (Lipinski definition) is 4. The maximum Gasteiger partial charge on any atom is 0.227 e. The molecule has 0 radical (unpaired) electrons. The fourth-order valence-electron chi connectivity index (χ4n) is 4.30. The Morgan fingerprint density at radius 1 is 1.41 bits per heavy atom. The lowest BCUT2D eigenvalue weighted by atomic mass is 9.72. The van der Waals surface area contributed by atoms with Crippen molar-refractivity contribution in [3.8, 4) is 0 Å². The van der Waals surface area contributed by atoms with Gasteiger partial charge in [0.15, 0.2) is 0 Å². The molecule has 1 aliphatic carbocycles. The van der Waals surface area contributed by atoms with Crippen LogP contribution in [0.2, 0.25) is 0 Å². The minimum atomic E-state index is -0.0704. The Morgan fingerprint density at radius 3 is 3.05 bits per heavy atom. The summed E-state index contributed by atoms with van der Waals surface area (Å²) in [4.78, 5) is 19.9. The van der Waals surface area contributed by atoms with Gasteiger partial charge < -0.3 is 9.64 Å². The average Bonchev–Trinajstić information content (AvgIpc) is 2.85. The second kappa shape index (κ2) is 5.53. The average molecular weight is 318 g/mol. The number of carbonyl (C=O) groups is 1. The number of rotatable bonds is 1. The van der Waals surface area contributed by atoms with Crippen molar-refractivity contribution >= 4 is 23.4 Å². The lowest BCUT2D eigenvalue weighted by molar-refractivity contribution is -0.141. The maximum atomic E-state index is 13.1. The van der Waals surface area contributed by atoms with Gasteiger partial charge in [0, 0.05) is 24.9 Å². The van der Waals surface area contributed by atoms with Crippen LogP contribution >= 0.6 is 11.8 Å². The summed E-state index contributed by atoms with van der Waals surface area (Å²) < 4.78 is 5.32. The largest absolute Gasteiger partial charge is 0.378 e. The predicted molar refractivity (Wildman–Crippen MR) is 89.4 cm³/mol. The summed E-state index contributed by atoms with van der Waals surface area (Å²) in [6, 6.07) is 0. The van der Waals surface area contributed by atoms with Crippen LogP contribution in [0.3, 0.4) is 0 Å². The van der Waals surface area contributed by atoms with Gasteiger partial charge in [0.05, 0.1) is 29.6 Å². The number of allylic oxidation sites excluding steroid dienone is 3. The van der Waals surface area contributed by atoms with Gasteiger partial charge in [-0.15, -0.1) is 11.8 Å². The Hall–Kier alpha value is -1.07. The molecule has 1 spiro atoms. The Labute approximate surface area is 135 Å². The van der Waals surface area contributed by atoms with Crippen molar-refractivity contribution in [2.24, 2.45) is 16.8 Å². The first-order valence-electron chi connectivity index (χ1n) is 8.17. The van der Waals surface area contributed by atoms with E-state index in [-0.39, 0.29) is 10.7 Å². The number of thioether (sulfide) groups is 1. The third kappa shape index (κ3) is 2.09. The Bertz CT molecular complexity index is 565. The van der Waals surface area contributed by atoms with E-state index in [9.17, 15) is 4.79 Å². The number of nitrogens with zero attached hydrogens (tertiary/aromatic N) is 2. The number of carbonyl (C=O) groups excluding carboxylic acids is 1. The lowest BCUT2D eigenvalue weighted by Crippen LogP contribution is -2.50. The zero-order chi connectivity index (χ0) is 15.2. The van der Waals surface area contributed by atoms with Gasteiger partial charge in [-0.05, 0) is 18.4 Å². The molecule has 0 aromatic carbocycles. The van der Waals surface area contributed by atoms with Crippen LogP contribution in [0.15, 0.2) is 29.3 Å². The van der Waals surface area contributed by atoms with E-state index in [4.69, 9.17) is 9.73 Å². The van der Waals surface area contributed by atoms with Gasteiger partial charge in [0.1, 0.15) is 0 Å². The number of morpholine rings is 1. The van der Waals surface area contributed by atoms with Crippen LogP contribution in [0, 0.1) is 11.8 Å². The highest BCUT2D eigenvalue weighted by Gasteiger charge is 2.57. The van der Waals surface area contributed by atoms with Crippen LogP contribution in [0.25, 0.3) is 0 Å². The van der Waals surface area contributed by atoms with Crippen LogP contribution < -0.4 is 0 Å². The van der Waals surface area contributed by atoms with Gasteiger partial charge in [-0.1, -0.05) is 25.2 Å². The molecule has 22 heavy (non-hydrogen) atoms. The van der Waals surface area contributed by atoms with Gasteiger partial charge in [-0.2, -0.15) is 0 Å². The first-order valence-corrected chi connectivity index (χ1v) is 9.05. The van der Waals surface area contributed by atoms with Crippen molar-refractivity contribution in [2.45, 2.75) is 23.3 Å². The van der Waals surface area contributed by atoms with Crippen LogP contribution in [0.5, 0.6) is 0 Å². The third-order valence-electron chi connectivity index (χ3n) is 5.31. The fourth-order valence-corrected chi connectivity index (χ4v) is 6.22. The van der Waals surface area contributed by atoms with Crippen molar-refractivity contribution in [1.82, 2.24) is 4.90 Å². The van der Waals surface area contributed by atoms with Crippen molar-refractivity contribution in [2.75, 3.05) is 32.8 Å². The molecule has 0 bridgehead atoms. The van der Waals surface area contributed by atoms with Gasteiger partial charge >= 0.3 is 0 Å². The topological polar surface area (TPSA) is 41.9 Å². The van der Waals surface area contributed by atoms with E-state index in [1.165, 1.54) is 5.71 Å². The number of ether oxygens (including phenoxy) is 1. The van der Waals surface area contributed by atoms with Crippen LogP contribution in [-0.4, -0.2) is 59.4 Å². The molecule has 0 saturated carbocycles. The van der Waals surface area contributed by atoms with Gasteiger partial charge in [-0.25, -0.2) is 0 Å². The van der Waals surface area contributed by atoms with E-state index < -0.39 is 0 Å². The molecule has 4 unspecified atom stereocenters. The molecule has 0 aromatic heterocycles. The maximum absolute atomic E-state index is 13.1. The minimum Gasteiger partial charge on any atom is -0.378 e. The van der Waals surface area contributed by atoms with Crippen LogP contribution in [-0.2, 0) is 9.53 Å². The van der Waals surface area contributed by atoms with Crippen molar-refractivity contribution in [3.05, 3.63) is 24.3 Å². The van der Waals surface area contributed by atoms with Crippen molar-refractivity contribution < 1.29 is 9.53 Å². The second-order valence-corrected chi connectivity index (χ2v) is 8.11. The first-order chi connectivity index (χ1) is 10.7. The summed E-state index contributed by atoms with van der Waals surface area (Å²) in [5.41, 5.74) is 1.17. The summed E-state index contributed by atoms with van der Waals surface area (Å²) in [6.07, 6.45) is 9.62. The Kier molecular flexibility index (Phi) is 3.65. The molecule has 0 N–H and O–H groups in total. The molecule has 2 saturated heterocycles. The smallest absolute Gasteiger partial charge is 0.227 e. The second-order valence-electron chi connectivity index (χ2n) is 6.46. The molecule has 4 nitrogen and oxygen atoms in total. The van der Waals surface area contributed by atoms with Crippen molar-refractivity contribution in [1.29, 1.82) is 0 Å². The fraction of sp³-hybridized carbons (Fsp3) is 0.647. The van der Waals surface area contributed by atoms with Gasteiger partial charge in [0.2, 0.25) is 5.91 Å². The molecule has 1 amide bonds. The van der Waals surface area contributed by atoms with E-state index in [1.807, 2.05) is 16.7 Å². The molecule has 2 fully saturated rings. The highest BCUT2D eigenvalue weighted by molar-refractivity contribution is 8.02. The highest BCUT2D eigenvalue weighted by atomic mass is 32.2. The van der Waals surface area contributed by atoms with E-state index in [0.29, 0.717) is 30.3 Å². The lowest BCUT2D eigenvalue weighted by Gasteiger charge is -2.39. The monoisotopic (exact) mass is 318 g/mol. The predicted octanol–water partition coefficient (Wildman–Crippen LogP) is 1.92. The molecule has 4 atom stereocenters. The summed E-state index contributed by atoms with van der Waals surface area (Å²) in [6.45, 7) is 5.88. The normalized spacial score (nSPS) is 40.1. The number of amides is 1. The zero-order valence-corrected chi connectivity index (χ0v) is 13.7. The molecule has 3 heterocycles. The summed E-state index contributed by atoms with van der Waals surface area (Å²) >= 11 is 1.93. The molecule has 4 rings (SSSR count). The zero-order valence-electron chi connectivity index (χ0n) is 12.9. The van der Waals surface area contributed by atoms with Gasteiger partial charge in [0.25, 0.3) is 0 Å². The van der Waals surface area contributed by atoms with E-state index in [1.54, 1.807) is 0 Å². The molecular weight excluding hydrogens is 296 g/mol. The van der Waals surface area contributed by atoms with Crippen LogP contribution in [0.1, 0.15) is 13.3 Å². The molecule has 3 aliphatic heterocycles. The highest BCUT2D eigenvalue weighted by Crippen LogP contribution is 2.56. The molecule has 4 aliphatic rings. The number of aliphatic imine (C=N–C) groups is 1. The summed E-state index contributed by atoms with van der Waals surface area (Å²) in [5.74, 6) is 0.802. The molecule has 5 heteroatoms. The van der Waals surface area contributed by atoms with E-state index >= 15 is 0 Å². The van der Waals surface area contributed by atoms with Crippen molar-refractivity contribution in [3.63, 3.8) is 0 Å². The number of hydrogen-bond donors (Lipinski definition) is 0. The minimum absolute atomic E-state index is 0.0704. The molecule has 0 aromatic rings. The Balaban J connectivity index is 1.64. The standard InChI is InChI=1S/C17H22N2O2S/c1-12-15(16(20)19-8-10-21-11-9-19)13-5-7-18-14-4-2-3-6-17(13,14)22-12/h2-4,6,12-13,15H,5,7-11H2,1H3.